The van der Waals surface area contributed by atoms with Crippen LogP contribution < -0.4 is 0 Å². The van der Waals surface area contributed by atoms with Crippen molar-refractivity contribution in [3.63, 3.8) is 0 Å². The first-order valence-corrected chi connectivity index (χ1v) is 5.25. The maximum atomic E-state index is 2.20. The van der Waals surface area contributed by atoms with Gasteiger partial charge < -0.3 is 0 Å². The first-order chi connectivity index (χ1) is 3.77. The predicted octanol–water partition coefficient (Wildman–Crippen LogP) is 3.17. The summed E-state index contributed by atoms with van der Waals surface area (Å²) in [6.45, 7) is 4.36. The van der Waals surface area contributed by atoms with Crippen molar-refractivity contribution in [2.45, 2.75) is 13.8 Å². The van der Waals surface area contributed by atoms with Crippen LogP contribution in [0.4, 0.5) is 0 Å². The van der Waals surface area contributed by atoms with E-state index in [0.717, 1.165) is 0 Å². The minimum absolute atomic E-state index is 0.689. The molecule has 0 fully saturated rings. The molecule has 0 saturated carbocycles. The van der Waals surface area contributed by atoms with Crippen LogP contribution in [0.5, 0.6) is 0 Å². The Kier molecular flexibility index (Phi) is 5.88. The molecule has 0 aromatic carbocycles. The molecule has 0 spiro atoms. The van der Waals surface area contributed by atoms with E-state index in [2.05, 4.69) is 31.6 Å². The van der Waals surface area contributed by atoms with E-state index in [1.54, 1.807) is 21.6 Å². The fourth-order valence-electron chi connectivity index (χ4n) is 0.245. The molecule has 0 aromatic rings. The Morgan fingerprint density at radius 2 is 2.00 bits per heavy atom. The van der Waals surface area contributed by atoms with Gasteiger partial charge in [0.05, 0.1) is 0 Å². The van der Waals surface area contributed by atoms with Crippen molar-refractivity contribution in [2.24, 2.45) is 5.92 Å². The highest BCUT2D eigenvalue weighted by Gasteiger charge is 1.80. The van der Waals surface area contributed by atoms with E-state index in [1.807, 2.05) is 0 Å². The summed E-state index contributed by atoms with van der Waals surface area (Å²) >= 11 is 0. The molecule has 0 aliphatic rings. The van der Waals surface area contributed by atoms with Crippen molar-refractivity contribution in [1.29, 1.82) is 0 Å². The minimum Gasteiger partial charge on any atom is -0.0930 e. The van der Waals surface area contributed by atoms with Gasteiger partial charge in [-0.25, -0.2) is 0 Å². The molecule has 0 bridgehead atoms. The molecule has 0 amide bonds. The van der Waals surface area contributed by atoms with E-state index in [-0.39, 0.29) is 0 Å². The second-order valence-corrected chi connectivity index (χ2v) is 4.21. The Bertz CT molecular complexity index is 66.9. The van der Waals surface area contributed by atoms with Gasteiger partial charge in [0.1, 0.15) is 0 Å². The van der Waals surface area contributed by atoms with Crippen molar-refractivity contribution in [3.8, 4) is 0 Å². The van der Waals surface area contributed by atoms with Gasteiger partial charge in [0.2, 0.25) is 0 Å². The summed E-state index contributed by atoms with van der Waals surface area (Å²) < 4.78 is 0. The van der Waals surface area contributed by atoms with Gasteiger partial charge in [0, 0.05) is 0 Å². The van der Waals surface area contributed by atoms with E-state index in [0.29, 0.717) is 5.92 Å². The summed E-state index contributed by atoms with van der Waals surface area (Å²) in [7, 11) is 3.55. The fraction of sp³-hybridized carbons (Fsp3) is 0.667. The zero-order chi connectivity index (χ0) is 6.41. The molecule has 0 saturated heterocycles. The summed E-state index contributed by atoms with van der Waals surface area (Å²) in [5.74, 6) is 0.689. The first-order valence-electron chi connectivity index (χ1n) is 2.63. The molecule has 0 aliphatic carbocycles. The predicted molar refractivity (Wildman–Crippen MR) is 45.1 cm³/mol. The lowest BCUT2D eigenvalue weighted by molar-refractivity contribution is 0.834. The fourth-order valence-corrected chi connectivity index (χ4v) is 1.26. The Morgan fingerprint density at radius 3 is 2.38 bits per heavy atom. The number of allylic oxidation sites excluding steroid dienone is 1. The van der Waals surface area contributed by atoms with Crippen LogP contribution in [0, 0.1) is 5.92 Å². The quantitative estimate of drug-likeness (QED) is 0.564. The van der Waals surface area contributed by atoms with Gasteiger partial charge in [-0.15, -0.1) is 0 Å². The molecule has 0 atom stereocenters. The lowest BCUT2D eigenvalue weighted by Crippen LogP contribution is -1.73. The number of rotatable bonds is 3. The van der Waals surface area contributed by atoms with Crippen molar-refractivity contribution >= 4 is 21.6 Å². The minimum atomic E-state index is 0.689. The highest BCUT2D eigenvalue weighted by Crippen LogP contribution is 2.18. The Balaban J connectivity index is 3.07. The van der Waals surface area contributed by atoms with E-state index in [1.165, 1.54) is 0 Å². The van der Waals surface area contributed by atoms with Gasteiger partial charge in [0.15, 0.2) is 0 Å². The first kappa shape index (κ1) is 8.44. The van der Waals surface area contributed by atoms with Gasteiger partial charge in [-0.05, 0) is 17.6 Å². The lowest BCUT2D eigenvalue weighted by atomic mass is 10.2. The van der Waals surface area contributed by atoms with Crippen LogP contribution >= 0.6 is 21.6 Å². The van der Waals surface area contributed by atoms with Gasteiger partial charge in [-0.3, -0.25) is 0 Å². The van der Waals surface area contributed by atoms with Gasteiger partial charge in [-0.2, -0.15) is 0 Å². The van der Waals surface area contributed by atoms with Crippen molar-refractivity contribution in [3.05, 3.63) is 11.5 Å². The average Bonchev–Trinajstić information content (AvgIpc) is 1.66. The van der Waals surface area contributed by atoms with E-state index in [4.69, 9.17) is 0 Å². The Morgan fingerprint density at radius 1 is 1.38 bits per heavy atom. The summed E-state index contributed by atoms with van der Waals surface area (Å²) in [6, 6.07) is 0. The summed E-state index contributed by atoms with van der Waals surface area (Å²) in [5.41, 5.74) is 0. The highest BCUT2D eigenvalue weighted by atomic mass is 33.1. The Hall–Kier alpha value is 0.440. The van der Waals surface area contributed by atoms with E-state index in [9.17, 15) is 0 Å². The summed E-state index contributed by atoms with van der Waals surface area (Å²) in [5, 5.41) is 2.13. The second kappa shape index (κ2) is 5.57. The maximum Gasteiger partial charge on any atom is -0.00759 e. The van der Waals surface area contributed by atoms with Crippen molar-refractivity contribution < 1.29 is 0 Å². The molecule has 0 aromatic heterocycles. The van der Waals surface area contributed by atoms with Crippen LogP contribution in [0.15, 0.2) is 11.5 Å². The third-order valence-electron chi connectivity index (χ3n) is 0.615. The van der Waals surface area contributed by atoms with Gasteiger partial charge >= 0.3 is 0 Å². The SMILES string of the molecule is CSSC=CC(C)C. The van der Waals surface area contributed by atoms with Crippen LogP contribution in [-0.4, -0.2) is 6.26 Å². The van der Waals surface area contributed by atoms with Crippen LogP contribution in [0.3, 0.4) is 0 Å². The third kappa shape index (κ3) is 6.44. The molecular weight excluding hydrogens is 136 g/mol. The van der Waals surface area contributed by atoms with Crippen LogP contribution in [-0.2, 0) is 0 Å². The Labute approximate surface area is 59.5 Å². The topological polar surface area (TPSA) is 0 Å². The molecule has 8 heavy (non-hydrogen) atoms. The zero-order valence-electron chi connectivity index (χ0n) is 5.55. The smallest absolute Gasteiger partial charge is 0.00759 e. The molecule has 0 rings (SSSR count). The molecular formula is C6H12S2. The van der Waals surface area contributed by atoms with E-state index >= 15 is 0 Å². The lowest BCUT2D eigenvalue weighted by Gasteiger charge is -1.90. The molecule has 48 valence electrons. The normalized spacial score (nSPS) is 11.5. The summed E-state index contributed by atoms with van der Waals surface area (Å²) in [4.78, 5) is 0. The molecule has 0 unspecified atom stereocenters. The van der Waals surface area contributed by atoms with Crippen molar-refractivity contribution in [1.82, 2.24) is 0 Å². The van der Waals surface area contributed by atoms with Crippen molar-refractivity contribution in [2.75, 3.05) is 6.26 Å². The molecule has 0 aliphatic heterocycles. The third-order valence-corrected chi connectivity index (χ3v) is 1.99. The highest BCUT2D eigenvalue weighted by molar-refractivity contribution is 8.77. The largest absolute Gasteiger partial charge is 0.0930 e. The molecule has 0 N–H and O–H groups in total. The van der Waals surface area contributed by atoms with E-state index < -0.39 is 0 Å². The second-order valence-electron chi connectivity index (χ2n) is 1.84. The molecule has 0 nitrogen and oxygen atoms in total. The van der Waals surface area contributed by atoms with Crippen LogP contribution in [0.25, 0.3) is 0 Å². The van der Waals surface area contributed by atoms with Crippen LogP contribution in [0.2, 0.25) is 0 Å². The molecule has 2 heteroatoms. The van der Waals surface area contributed by atoms with Crippen LogP contribution in [0.1, 0.15) is 13.8 Å². The monoisotopic (exact) mass is 148 g/mol. The average molecular weight is 148 g/mol. The standard InChI is InChI=1S/C6H12S2/c1-6(2)4-5-8-7-3/h4-6H,1-3H3. The number of hydrogen-bond acceptors (Lipinski definition) is 2. The summed E-state index contributed by atoms with van der Waals surface area (Å²) in [6.07, 6.45) is 4.27. The zero-order valence-corrected chi connectivity index (χ0v) is 7.18. The van der Waals surface area contributed by atoms with Gasteiger partial charge in [0.25, 0.3) is 0 Å². The van der Waals surface area contributed by atoms with Gasteiger partial charge in [-0.1, -0.05) is 41.5 Å². The maximum absolute atomic E-state index is 2.20. The molecule has 0 heterocycles. The molecule has 0 radical (unpaired) electrons. The number of hydrogen-bond donors (Lipinski definition) is 0.